The lowest BCUT2D eigenvalue weighted by molar-refractivity contribution is 0.273. The molecule has 2 saturated heterocycles. The summed E-state index contributed by atoms with van der Waals surface area (Å²) in [6, 6.07) is 4.61. The van der Waals surface area contributed by atoms with Crippen molar-refractivity contribution in [3.8, 4) is 5.88 Å². The maximum absolute atomic E-state index is 5.91. The molecule has 0 aromatic carbocycles. The SMILES string of the molecule is CCOc1nc(N2CCCN3CCCC3C2)ccc1N. The van der Waals surface area contributed by atoms with Gasteiger partial charge in [0.05, 0.1) is 12.3 Å². The summed E-state index contributed by atoms with van der Waals surface area (Å²) in [5.74, 6) is 1.56. The monoisotopic (exact) mass is 276 g/mol. The molecule has 3 heterocycles. The molecule has 0 aliphatic carbocycles. The first kappa shape index (κ1) is 13.5. The van der Waals surface area contributed by atoms with Gasteiger partial charge in [-0.05, 0) is 44.9 Å². The Balaban J connectivity index is 1.79. The van der Waals surface area contributed by atoms with Crippen molar-refractivity contribution < 1.29 is 4.74 Å². The molecular formula is C15H24N4O. The number of hydrogen-bond acceptors (Lipinski definition) is 5. The summed E-state index contributed by atoms with van der Waals surface area (Å²) < 4.78 is 5.51. The molecule has 1 aromatic heterocycles. The van der Waals surface area contributed by atoms with E-state index in [-0.39, 0.29) is 0 Å². The van der Waals surface area contributed by atoms with Crippen LogP contribution < -0.4 is 15.4 Å². The van der Waals surface area contributed by atoms with Crippen molar-refractivity contribution in [2.45, 2.75) is 32.2 Å². The van der Waals surface area contributed by atoms with Crippen LogP contribution in [0.4, 0.5) is 11.5 Å². The Morgan fingerprint density at radius 2 is 2.15 bits per heavy atom. The summed E-state index contributed by atoms with van der Waals surface area (Å²) in [6.45, 7) is 7.16. The van der Waals surface area contributed by atoms with E-state index >= 15 is 0 Å². The molecule has 2 aliphatic heterocycles. The Kier molecular flexibility index (Phi) is 3.96. The van der Waals surface area contributed by atoms with E-state index in [1.165, 1.54) is 32.4 Å². The first-order chi connectivity index (χ1) is 9.78. The predicted molar refractivity (Wildman–Crippen MR) is 81.2 cm³/mol. The molecule has 110 valence electrons. The Bertz CT molecular complexity index is 465. The third-order valence-corrected chi connectivity index (χ3v) is 4.28. The van der Waals surface area contributed by atoms with Crippen molar-refractivity contribution >= 4 is 11.5 Å². The number of hydrogen-bond donors (Lipinski definition) is 1. The van der Waals surface area contributed by atoms with Crippen LogP contribution in [-0.4, -0.2) is 48.7 Å². The maximum Gasteiger partial charge on any atom is 0.239 e. The number of anilines is 2. The van der Waals surface area contributed by atoms with Crippen molar-refractivity contribution in [1.29, 1.82) is 0 Å². The second kappa shape index (κ2) is 5.87. The van der Waals surface area contributed by atoms with E-state index < -0.39 is 0 Å². The fourth-order valence-electron chi connectivity index (χ4n) is 3.28. The molecule has 1 aromatic rings. The third kappa shape index (κ3) is 2.68. The molecule has 0 amide bonds. The second-order valence-corrected chi connectivity index (χ2v) is 5.63. The lowest BCUT2D eigenvalue weighted by Crippen LogP contribution is -2.37. The average molecular weight is 276 g/mol. The highest BCUT2D eigenvalue weighted by atomic mass is 16.5. The minimum Gasteiger partial charge on any atom is -0.476 e. The topological polar surface area (TPSA) is 54.6 Å². The summed E-state index contributed by atoms with van der Waals surface area (Å²) in [7, 11) is 0. The van der Waals surface area contributed by atoms with Gasteiger partial charge >= 0.3 is 0 Å². The molecule has 5 nitrogen and oxygen atoms in total. The van der Waals surface area contributed by atoms with Crippen molar-refractivity contribution in [1.82, 2.24) is 9.88 Å². The highest BCUT2D eigenvalue weighted by Crippen LogP contribution is 2.27. The van der Waals surface area contributed by atoms with Gasteiger partial charge in [-0.1, -0.05) is 0 Å². The van der Waals surface area contributed by atoms with Crippen LogP contribution in [0, 0.1) is 0 Å². The molecule has 0 spiro atoms. The zero-order valence-corrected chi connectivity index (χ0v) is 12.2. The van der Waals surface area contributed by atoms with Crippen LogP contribution in [0.15, 0.2) is 12.1 Å². The van der Waals surface area contributed by atoms with Gasteiger partial charge in [-0.15, -0.1) is 0 Å². The number of aromatic nitrogens is 1. The van der Waals surface area contributed by atoms with E-state index in [9.17, 15) is 0 Å². The molecule has 20 heavy (non-hydrogen) atoms. The van der Waals surface area contributed by atoms with E-state index in [0.717, 1.165) is 18.9 Å². The van der Waals surface area contributed by atoms with Gasteiger partial charge in [0.2, 0.25) is 5.88 Å². The molecule has 5 heteroatoms. The molecule has 2 fully saturated rings. The first-order valence-electron chi connectivity index (χ1n) is 7.66. The predicted octanol–water partition coefficient (Wildman–Crippen LogP) is 1.74. The molecule has 2 aliphatic rings. The van der Waals surface area contributed by atoms with Crippen molar-refractivity contribution in [3.05, 3.63) is 12.1 Å². The van der Waals surface area contributed by atoms with Gasteiger partial charge in [-0.3, -0.25) is 4.90 Å². The van der Waals surface area contributed by atoms with E-state index in [1.54, 1.807) is 0 Å². The summed E-state index contributed by atoms with van der Waals surface area (Å²) in [5, 5.41) is 0. The van der Waals surface area contributed by atoms with Crippen LogP contribution in [-0.2, 0) is 0 Å². The van der Waals surface area contributed by atoms with Gasteiger partial charge in [0, 0.05) is 25.7 Å². The number of ether oxygens (including phenoxy) is 1. The van der Waals surface area contributed by atoms with Gasteiger partial charge in [-0.25, -0.2) is 0 Å². The third-order valence-electron chi connectivity index (χ3n) is 4.28. The number of nitrogens with zero attached hydrogens (tertiary/aromatic N) is 3. The van der Waals surface area contributed by atoms with Crippen LogP contribution in [0.1, 0.15) is 26.2 Å². The van der Waals surface area contributed by atoms with E-state index in [2.05, 4.69) is 14.8 Å². The Morgan fingerprint density at radius 3 is 3.00 bits per heavy atom. The molecular weight excluding hydrogens is 252 g/mol. The lowest BCUT2D eigenvalue weighted by Gasteiger charge is -2.26. The quantitative estimate of drug-likeness (QED) is 0.911. The van der Waals surface area contributed by atoms with Crippen LogP contribution in [0.25, 0.3) is 0 Å². The van der Waals surface area contributed by atoms with Gasteiger partial charge in [-0.2, -0.15) is 4.98 Å². The Labute approximate surface area is 120 Å². The van der Waals surface area contributed by atoms with Crippen molar-refractivity contribution in [3.63, 3.8) is 0 Å². The van der Waals surface area contributed by atoms with Crippen LogP contribution in [0.5, 0.6) is 5.88 Å². The normalized spacial score (nSPS) is 23.4. The van der Waals surface area contributed by atoms with Crippen molar-refractivity contribution in [2.24, 2.45) is 0 Å². The van der Waals surface area contributed by atoms with Gasteiger partial charge in [0.25, 0.3) is 0 Å². The number of nitrogen functional groups attached to an aromatic ring is 1. The smallest absolute Gasteiger partial charge is 0.239 e. The van der Waals surface area contributed by atoms with E-state index in [1.807, 2.05) is 19.1 Å². The number of rotatable bonds is 3. The number of nitrogens with two attached hydrogens (primary N) is 1. The molecule has 1 unspecified atom stereocenters. The number of pyridine rings is 1. The molecule has 2 N–H and O–H groups in total. The number of fused-ring (bicyclic) bond motifs is 1. The van der Waals surface area contributed by atoms with E-state index in [4.69, 9.17) is 10.5 Å². The molecule has 0 saturated carbocycles. The fraction of sp³-hybridized carbons (Fsp3) is 0.667. The summed E-state index contributed by atoms with van der Waals surface area (Å²) >= 11 is 0. The highest BCUT2D eigenvalue weighted by molar-refractivity contribution is 5.54. The second-order valence-electron chi connectivity index (χ2n) is 5.63. The molecule has 1 atom stereocenters. The van der Waals surface area contributed by atoms with Crippen LogP contribution >= 0.6 is 0 Å². The minimum atomic E-state index is 0.567. The van der Waals surface area contributed by atoms with Crippen LogP contribution in [0.3, 0.4) is 0 Å². The fourth-order valence-corrected chi connectivity index (χ4v) is 3.28. The first-order valence-corrected chi connectivity index (χ1v) is 7.66. The summed E-state index contributed by atoms with van der Waals surface area (Å²) in [5.41, 5.74) is 6.53. The molecule has 3 rings (SSSR count). The highest BCUT2D eigenvalue weighted by Gasteiger charge is 2.29. The van der Waals surface area contributed by atoms with Crippen molar-refractivity contribution in [2.75, 3.05) is 43.4 Å². The summed E-state index contributed by atoms with van der Waals surface area (Å²) in [6.07, 6.45) is 3.84. The standard InChI is InChI=1S/C15H24N4O/c1-2-20-15-13(16)6-7-14(17-15)19-10-4-9-18-8-3-5-12(18)11-19/h6-7,12H,2-5,8-11,16H2,1H3. The zero-order chi connectivity index (χ0) is 13.9. The van der Waals surface area contributed by atoms with Gasteiger partial charge in [0.1, 0.15) is 5.82 Å². The minimum absolute atomic E-state index is 0.567. The van der Waals surface area contributed by atoms with Gasteiger partial charge in [0.15, 0.2) is 0 Å². The summed E-state index contributed by atoms with van der Waals surface area (Å²) in [4.78, 5) is 9.61. The van der Waals surface area contributed by atoms with Crippen LogP contribution in [0.2, 0.25) is 0 Å². The zero-order valence-electron chi connectivity index (χ0n) is 12.2. The average Bonchev–Trinajstić information content (AvgIpc) is 2.79. The van der Waals surface area contributed by atoms with E-state index in [0.29, 0.717) is 24.2 Å². The maximum atomic E-state index is 5.91. The van der Waals surface area contributed by atoms with Gasteiger partial charge < -0.3 is 15.4 Å². The Morgan fingerprint density at radius 1 is 1.30 bits per heavy atom. The molecule has 0 bridgehead atoms. The Hall–Kier alpha value is -1.49. The molecule has 0 radical (unpaired) electrons. The lowest BCUT2D eigenvalue weighted by atomic mass is 10.2. The largest absolute Gasteiger partial charge is 0.476 e.